The van der Waals surface area contributed by atoms with Gasteiger partial charge in [-0.1, -0.05) is 24.8 Å². The van der Waals surface area contributed by atoms with Gasteiger partial charge in [0.05, 0.1) is 5.69 Å². The zero-order valence-electron chi connectivity index (χ0n) is 6.25. The van der Waals surface area contributed by atoms with Crippen LogP contribution in [0.25, 0.3) is 0 Å². The molecule has 2 nitrogen and oxygen atoms in total. The monoisotopic (exact) mass is 146 g/mol. The second kappa shape index (κ2) is 2.10. The molecule has 0 aromatic heterocycles. The molecular weight excluding hydrogens is 136 g/mol. The molecule has 2 heteroatoms. The third-order valence-electron chi connectivity index (χ3n) is 1.99. The van der Waals surface area contributed by atoms with Gasteiger partial charge in [0, 0.05) is 12.1 Å². The van der Waals surface area contributed by atoms with E-state index in [9.17, 15) is 0 Å². The van der Waals surface area contributed by atoms with Crippen LogP contribution in [0.2, 0.25) is 0 Å². The average Bonchev–Trinajstić information content (AvgIpc) is 2.30. The van der Waals surface area contributed by atoms with Gasteiger partial charge in [-0.05, 0) is 11.6 Å². The fraction of sp³-hybridized carbons (Fsp3) is 0.111. The number of nitrogens with two attached hydrogens (primary N) is 1. The van der Waals surface area contributed by atoms with Gasteiger partial charge in [0.2, 0.25) is 0 Å². The predicted octanol–water partition coefficient (Wildman–Crippen LogP) is 1.44. The van der Waals surface area contributed by atoms with Crippen molar-refractivity contribution in [2.24, 2.45) is 5.84 Å². The lowest BCUT2D eigenvalue weighted by molar-refractivity contribution is 1.02. The molecule has 0 spiro atoms. The first-order valence-electron chi connectivity index (χ1n) is 3.59. The smallest absolute Gasteiger partial charge is 0.0607 e. The van der Waals surface area contributed by atoms with Crippen LogP contribution in [0.4, 0.5) is 5.69 Å². The Balaban J connectivity index is 2.55. The molecule has 0 amide bonds. The van der Waals surface area contributed by atoms with Gasteiger partial charge in [-0.3, -0.25) is 5.01 Å². The summed E-state index contributed by atoms with van der Waals surface area (Å²) in [5.74, 6) is 5.72. The number of nitrogens with zero attached hydrogens (tertiary/aromatic N) is 1. The summed E-state index contributed by atoms with van der Waals surface area (Å²) in [5.41, 5.74) is 3.31. The topological polar surface area (TPSA) is 29.3 Å². The van der Waals surface area contributed by atoms with Gasteiger partial charge in [-0.25, -0.2) is 5.84 Å². The summed E-state index contributed by atoms with van der Waals surface area (Å²) in [6.07, 6.45) is 0.882. The number of allylic oxidation sites excluding steroid dienone is 1. The first kappa shape index (κ1) is 6.43. The largest absolute Gasteiger partial charge is 0.284 e. The van der Waals surface area contributed by atoms with Crippen LogP contribution in [0, 0.1) is 0 Å². The third-order valence-corrected chi connectivity index (χ3v) is 1.99. The molecule has 0 aliphatic carbocycles. The van der Waals surface area contributed by atoms with E-state index < -0.39 is 0 Å². The van der Waals surface area contributed by atoms with E-state index in [2.05, 4.69) is 12.6 Å². The zero-order chi connectivity index (χ0) is 7.84. The molecular formula is C9H10N2. The maximum atomic E-state index is 5.72. The Morgan fingerprint density at radius 3 is 2.82 bits per heavy atom. The van der Waals surface area contributed by atoms with Crippen molar-refractivity contribution in [2.75, 3.05) is 5.01 Å². The van der Waals surface area contributed by atoms with Crippen molar-refractivity contribution in [3.8, 4) is 0 Å². The maximum Gasteiger partial charge on any atom is 0.0607 e. The summed E-state index contributed by atoms with van der Waals surface area (Å²) in [6, 6.07) is 8.09. The summed E-state index contributed by atoms with van der Waals surface area (Å²) in [4.78, 5) is 0. The molecule has 1 aromatic carbocycles. The number of fused-ring (bicyclic) bond motifs is 1. The predicted molar refractivity (Wildman–Crippen MR) is 46.0 cm³/mol. The Bertz CT molecular complexity index is 304. The number of para-hydroxylation sites is 1. The number of hydrazine groups is 1. The summed E-state index contributed by atoms with van der Waals surface area (Å²) < 4.78 is 0. The molecule has 0 atom stereocenters. The average molecular weight is 146 g/mol. The van der Waals surface area contributed by atoms with E-state index in [0.717, 1.165) is 17.8 Å². The first-order chi connectivity index (χ1) is 5.29. The molecule has 1 aliphatic heterocycles. The Morgan fingerprint density at radius 1 is 1.36 bits per heavy atom. The van der Waals surface area contributed by atoms with Crippen LogP contribution in [0.5, 0.6) is 0 Å². The minimum absolute atomic E-state index is 0.882. The Labute approximate surface area is 65.9 Å². The van der Waals surface area contributed by atoms with Gasteiger partial charge in [0.25, 0.3) is 0 Å². The van der Waals surface area contributed by atoms with Gasteiger partial charge >= 0.3 is 0 Å². The van der Waals surface area contributed by atoms with Crippen molar-refractivity contribution in [1.82, 2.24) is 0 Å². The maximum absolute atomic E-state index is 5.72. The highest BCUT2D eigenvalue weighted by Gasteiger charge is 2.18. The lowest BCUT2D eigenvalue weighted by atomic mass is 10.2. The number of hydrogen-bond acceptors (Lipinski definition) is 2. The van der Waals surface area contributed by atoms with Gasteiger partial charge < -0.3 is 0 Å². The highest BCUT2D eigenvalue weighted by molar-refractivity contribution is 5.62. The number of hydrogen-bond donors (Lipinski definition) is 1. The molecule has 2 rings (SSSR count). The Morgan fingerprint density at radius 2 is 2.09 bits per heavy atom. The van der Waals surface area contributed by atoms with Gasteiger partial charge in [0.15, 0.2) is 0 Å². The van der Waals surface area contributed by atoms with Crippen molar-refractivity contribution >= 4 is 5.69 Å². The molecule has 1 heterocycles. The van der Waals surface area contributed by atoms with Crippen LogP contribution >= 0.6 is 0 Å². The summed E-state index contributed by atoms with van der Waals surface area (Å²) >= 11 is 0. The van der Waals surface area contributed by atoms with E-state index in [1.165, 1.54) is 5.56 Å². The van der Waals surface area contributed by atoms with Crippen LogP contribution < -0.4 is 10.9 Å². The van der Waals surface area contributed by atoms with Crippen LogP contribution in [-0.4, -0.2) is 0 Å². The molecule has 0 saturated carbocycles. The van der Waals surface area contributed by atoms with Gasteiger partial charge in [0.1, 0.15) is 0 Å². The second-order valence-corrected chi connectivity index (χ2v) is 2.74. The normalized spacial score (nSPS) is 15.4. The van der Waals surface area contributed by atoms with Crippen molar-refractivity contribution < 1.29 is 0 Å². The molecule has 2 N–H and O–H groups in total. The van der Waals surface area contributed by atoms with Crippen molar-refractivity contribution in [3.05, 3.63) is 42.1 Å². The van der Waals surface area contributed by atoms with Crippen molar-refractivity contribution in [2.45, 2.75) is 6.42 Å². The number of anilines is 1. The summed E-state index contributed by atoms with van der Waals surface area (Å²) in [7, 11) is 0. The molecule has 1 aliphatic rings. The van der Waals surface area contributed by atoms with Crippen LogP contribution in [0.3, 0.4) is 0 Å². The lowest BCUT2D eigenvalue weighted by Gasteiger charge is -2.11. The van der Waals surface area contributed by atoms with Gasteiger partial charge in [-0.15, -0.1) is 0 Å². The fourth-order valence-corrected chi connectivity index (χ4v) is 1.37. The lowest BCUT2D eigenvalue weighted by Crippen LogP contribution is -2.25. The molecule has 0 saturated heterocycles. The van der Waals surface area contributed by atoms with Crippen molar-refractivity contribution in [1.29, 1.82) is 0 Å². The van der Waals surface area contributed by atoms with Gasteiger partial charge in [-0.2, -0.15) is 0 Å². The highest BCUT2D eigenvalue weighted by atomic mass is 15.4. The van der Waals surface area contributed by atoms with E-state index >= 15 is 0 Å². The second-order valence-electron chi connectivity index (χ2n) is 2.74. The minimum Gasteiger partial charge on any atom is -0.284 e. The molecule has 11 heavy (non-hydrogen) atoms. The number of rotatable bonds is 0. The minimum atomic E-state index is 0.882. The van der Waals surface area contributed by atoms with Crippen LogP contribution in [0.1, 0.15) is 5.56 Å². The SMILES string of the molecule is C=C1Cc2ccccc2N1N. The molecule has 0 radical (unpaired) electrons. The molecule has 0 unspecified atom stereocenters. The Hall–Kier alpha value is -1.28. The van der Waals surface area contributed by atoms with Crippen molar-refractivity contribution in [3.63, 3.8) is 0 Å². The molecule has 1 aromatic rings. The van der Waals surface area contributed by atoms with E-state index in [0.29, 0.717) is 0 Å². The summed E-state index contributed by atoms with van der Waals surface area (Å²) in [5, 5.41) is 1.65. The Kier molecular flexibility index (Phi) is 1.23. The molecule has 0 bridgehead atoms. The highest BCUT2D eigenvalue weighted by Crippen LogP contribution is 2.29. The first-order valence-corrected chi connectivity index (χ1v) is 3.59. The van der Waals surface area contributed by atoms with E-state index in [1.807, 2.05) is 18.2 Å². The third kappa shape index (κ3) is 0.835. The van der Waals surface area contributed by atoms with E-state index in [4.69, 9.17) is 5.84 Å². The zero-order valence-corrected chi connectivity index (χ0v) is 6.25. The quantitative estimate of drug-likeness (QED) is 0.561. The van der Waals surface area contributed by atoms with Crippen LogP contribution in [-0.2, 0) is 6.42 Å². The van der Waals surface area contributed by atoms with Crippen LogP contribution in [0.15, 0.2) is 36.5 Å². The molecule has 56 valence electrons. The van der Waals surface area contributed by atoms with E-state index in [-0.39, 0.29) is 0 Å². The number of benzene rings is 1. The summed E-state index contributed by atoms with van der Waals surface area (Å²) in [6.45, 7) is 3.85. The fourth-order valence-electron chi connectivity index (χ4n) is 1.37. The van der Waals surface area contributed by atoms with E-state index in [1.54, 1.807) is 5.01 Å². The standard InChI is InChI=1S/C9H10N2/c1-7-6-8-4-2-3-5-9(8)11(7)10/h2-5H,1,6,10H2. The molecule has 0 fully saturated rings.